The molecule has 2 heterocycles. The monoisotopic (exact) mass is 333 g/mol. The Morgan fingerprint density at radius 3 is 2.83 bits per heavy atom. The number of urea groups is 1. The Morgan fingerprint density at radius 2 is 2.04 bits per heavy atom. The van der Waals surface area contributed by atoms with Gasteiger partial charge in [0.2, 0.25) is 12.7 Å². The molecule has 0 radical (unpaired) electrons. The number of anilines is 1. The summed E-state index contributed by atoms with van der Waals surface area (Å²) in [4.78, 5) is 27.7. The number of carbonyl (C=O) groups excluding carboxylic acids is 2. The number of nitrogens with one attached hydrogen (secondary N) is 1. The van der Waals surface area contributed by atoms with Gasteiger partial charge in [0.1, 0.15) is 6.54 Å². The Hall–Kier alpha value is -2.44. The van der Waals surface area contributed by atoms with Crippen LogP contribution in [-0.4, -0.2) is 49.8 Å². The second-order valence-electron chi connectivity index (χ2n) is 6.43. The molecule has 3 amide bonds. The number of carbonyl (C=O) groups is 2. The number of hydrogen-bond donors (Lipinski definition) is 1. The van der Waals surface area contributed by atoms with Crippen LogP contribution < -0.4 is 19.7 Å². The molecule has 7 nitrogen and oxygen atoms in total. The van der Waals surface area contributed by atoms with Crippen LogP contribution in [0.3, 0.4) is 0 Å². The van der Waals surface area contributed by atoms with Crippen LogP contribution in [0.2, 0.25) is 0 Å². The van der Waals surface area contributed by atoms with Crippen molar-refractivity contribution in [3.05, 3.63) is 18.2 Å². The molecule has 7 heteroatoms. The van der Waals surface area contributed by atoms with Gasteiger partial charge in [0, 0.05) is 31.4 Å². The fraction of sp³-hybridized carbons (Fsp3) is 0.529. The molecular formula is C17H23N3O4. The summed E-state index contributed by atoms with van der Waals surface area (Å²) in [6.45, 7) is 6.25. The Kier molecular flexibility index (Phi) is 4.78. The standard InChI is InChI=1S/C17H23N3O4/c1-12(2)5-6-18-16(21)10-19-7-8-20(17(19)22)13-3-4-14-15(9-13)24-11-23-14/h3-4,9,12H,5-8,10-11H2,1-2H3,(H,18,21). The van der Waals surface area contributed by atoms with Gasteiger partial charge in [-0.1, -0.05) is 13.8 Å². The van der Waals surface area contributed by atoms with Crippen molar-refractivity contribution in [2.45, 2.75) is 20.3 Å². The predicted octanol–water partition coefficient (Wildman–Crippen LogP) is 1.82. The minimum atomic E-state index is -0.159. The number of nitrogens with zero attached hydrogens (tertiary/aromatic N) is 2. The molecule has 0 bridgehead atoms. The molecule has 1 aromatic rings. The molecule has 0 atom stereocenters. The first kappa shape index (κ1) is 16.4. The van der Waals surface area contributed by atoms with Gasteiger partial charge in [0.05, 0.1) is 0 Å². The third-order valence-corrected chi connectivity index (χ3v) is 4.14. The number of benzene rings is 1. The average Bonchev–Trinajstić information content (AvgIpc) is 3.13. The largest absolute Gasteiger partial charge is 0.454 e. The van der Waals surface area contributed by atoms with Crippen LogP contribution in [0, 0.1) is 5.92 Å². The van der Waals surface area contributed by atoms with Gasteiger partial charge in [-0.15, -0.1) is 0 Å². The van der Waals surface area contributed by atoms with Crippen LogP contribution in [0.4, 0.5) is 10.5 Å². The average molecular weight is 333 g/mol. The van der Waals surface area contributed by atoms with Crippen molar-refractivity contribution >= 4 is 17.6 Å². The van der Waals surface area contributed by atoms with E-state index in [4.69, 9.17) is 9.47 Å². The first-order chi connectivity index (χ1) is 11.5. The van der Waals surface area contributed by atoms with Crippen LogP contribution in [0.15, 0.2) is 18.2 Å². The summed E-state index contributed by atoms with van der Waals surface area (Å²) in [6, 6.07) is 5.27. The van der Waals surface area contributed by atoms with Crippen molar-refractivity contribution in [1.29, 1.82) is 0 Å². The van der Waals surface area contributed by atoms with Crippen molar-refractivity contribution in [3.8, 4) is 11.5 Å². The first-order valence-corrected chi connectivity index (χ1v) is 8.27. The maximum Gasteiger partial charge on any atom is 0.325 e. The first-order valence-electron chi connectivity index (χ1n) is 8.27. The van der Waals surface area contributed by atoms with Crippen molar-refractivity contribution < 1.29 is 19.1 Å². The number of hydrogen-bond acceptors (Lipinski definition) is 4. The lowest BCUT2D eigenvalue weighted by Gasteiger charge is -2.18. The molecule has 0 spiro atoms. The van der Waals surface area contributed by atoms with E-state index in [1.807, 2.05) is 6.07 Å². The maximum atomic E-state index is 12.5. The van der Waals surface area contributed by atoms with Gasteiger partial charge in [0.15, 0.2) is 11.5 Å². The molecule has 1 fully saturated rings. The summed E-state index contributed by atoms with van der Waals surface area (Å²) in [5.74, 6) is 1.76. The fourth-order valence-electron chi connectivity index (χ4n) is 2.75. The maximum absolute atomic E-state index is 12.5. The normalized spacial score (nSPS) is 16.2. The fourth-order valence-corrected chi connectivity index (χ4v) is 2.75. The lowest BCUT2D eigenvalue weighted by molar-refractivity contribution is -0.121. The molecule has 0 unspecified atom stereocenters. The molecule has 0 saturated carbocycles. The molecule has 130 valence electrons. The van der Waals surface area contributed by atoms with E-state index in [1.165, 1.54) is 0 Å². The molecule has 2 aliphatic rings. The minimum absolute atomic E-state index is 0.0952. The van der Waals surface area contributed by atoms with Crippen LogP contribution in [0.25, 0.3) is 0 Å². The zero-order chi connectivity index (χ0) is 17.1. The van der Waals surface area contributed by atoms with Gasteiger partial charge >= 0.3 is 6.03 Å². The number of ether oxygens (including phenoxy) is 2. The van der Waals surface area contributed by atoms with Crippen LogP contribution >= 0.6 is 0 Å². The minimum Gasteiger partial charge on any atom is -0.454 e. The second-order valence-corrected chi connectivity index (χ2v) is 6.43. The van der Waals surface area contributed by atoms with E-state index >= 15 is 0 Å². The van der Waals surface area contributed by atoms with Crippen LogP contribution in [-0.2, 0) is 4.79 Å². The number of rotatable bonds is 6. The molecule has 3 rings (SSSR count). The highest BCUT2D eigenvalue weighted by Gasteiger charge is 2.31. The number of fused-ring (bicyclic) bond motifs is 1. The van der Waals surface area contributed by atoms with Crippen molar-refractivity contribution in [2.75, 3.05) is 37.9 Å². The summed E-state index contributed by atoms with van der Waals surface area (Å²) in [5, 5.41) is 2.86. The van der Waals surface area contributed by atoms with Gasteiger partial charge in [-0.3, -0.25) is 9.69 Å². The summed E-state index contributed by atoms with van der Waals surface area (Å²) < 4.78 is 10.6. The Balaban J connectivity index is 1.56. The highest BCUT2D eigenvalue weighted by atomic mass is 16.7. The lowest BCUT2D eigenvalue weighted by Crippen LogP contribution is -2.40. The van der Waals surface area contributed by atoms with E-state index in [2.05, 4.69) is 19.2 Å². The topological polar surface area (TPSA) is 71.1 Å². The number of amides is 3. The third kappa shape index (κ3) is 3.55. The van der Waals surface area contributed by atoms with Gasteiger partial charge in [-0.05, 0) is 24.5 Å². The van der Waals surface area contributed by atoms with Gasteiger partial charge in [0.25, 0.3) is 0 Å². The zero-order valence-electron chi connectivity index (χ0n) is 14.1. The van der Waals surface area contributed by atoms with E-state index in [0.717, 1.165) is 12.1 Å². The second kappa shape index (κ2) is 6.98. The van der Waals surface area contributed by atoms with E-state index in [-0.39, 0.29) is 25.3 Å². The summed E-state index contributed by atoms with van der Waals surface area (Å²) in [6.07, 6.45) is 0.934. The van der Waals surface area contributed by atoms with Gasteiger partial charge < -0.3 is 19.7 Å². The van der Waals surface area contributed by atoms with Crippen LogP contribution in [0.1, 0.15) is 20.3 Å². The molecular weight excluding hydrogens is 310 g/mol. The molecule has 2 aliphatic heterocycles. The summed E-state index contributed by atoms with van der Waals surface area (Å²) in [5.41, 5.74) is 0.756. The highest BCUT2D eigenvalue weighted by Crippen LogP contribution is 2.36. The molecule has 1 saturated heterocycles. The summed E-state index contributed by atoms with van der Waals surface area (Å²) >= 11 is 0. The van der Waals surface area contributed by atoms with E-state index in [1.54, 1.807) is 21.9 Å². The molecule has 0 aromatic heterocycles. The quantitative estimate of drug-likeness (QED) is 0.862. The molecule has 1 N–H and O–H groups in total. The third-order valence-electron chi connectivity index (χ3n) is 4.14. The van der Waals surface area contributed by atoms with Gasteiger partial charge in [-0.25, -0.2) is 4.79 Å². The smallest absolute Gasteiger partial charge is 0.325 e. The van der Waals surface area contributed by atoms with Crippen molar-refractivity contribution in [2.24, 2.45) is 5.92 Å². The SMILES string of the molecule is CC(C)CCNC(=O)CN1CCN(c2ccc3c(c2)OCO3)C1=O. The zero-order valence-corrected chi connectivity index (χ0v) is 14.1. The highest BCUT2D eigenvalue weighted by molar-refractivity contribution is 5.96. The van der Waals surface area contributed by atoms with Crippen molar-refractivity contribution in [3.63, 3.8) is 0 Å². The predicted molar refractivity (Wildman–Crippen MR) is 89.3 cm³/mol. The Bertz CT molecular complexity index is 632. The Morgan fingerprint density at radius 1 is 1.25 bits per heavy atom. The van der Waals surface area contributed by atoms with Crippen molar-refractivity contribution in [1.82, 2.24) is 10.2 Å². The molecule has 0 aliphatic carbocycles. The van der Waals surface area contributed by atoms with Gasteiger partial charge in [-0.2, -0.15) is 0 Å². The summed E-state index contributed by atoms with van der Waals surface area (Å²) in [7, 11) is 0. The van der Waals surface area contributed by atoms with E-state index in [9.17, 15) is 9.59 Å². The lowest BCUT2D eigenvalue weighted by atomic mass is 10.1. The molecule has 1 aromatic carbocycles. The molecule has 24 heavy (non-hydrogen) atoms. The Labute approximate surface area is 141 Å². The van der Waals surface area contributed by atoms with Crippen LogP contribution in [0.5, 0.6) is 11.5 Å². The van der Waals surface area contributed by atoms with E-state index in [0.29, 0.717) is 37.1 Å². The van der Waals surface area contributed by atoms with E-state index < -0.39 is 0 Å².